The monoisotopic (exact) mass is 634 g/mol. The molecule has 2 aromatic carbocycles. The molecule has 2 atom stereocenters. The first kappa shape index (κ1) is 25.6. The number of carbonyl (C=O) groups excluding carboxylic acids is 2. The Labute approximate surface area is 213 Å². The number of benzene rings is 2. The molecule has 0 aliphatic heterocycles. The van der Waals surface area contributed by atoms with E-state index in [1.54, 1.807) is 29.6 Å². The number of anilines is 1. The van der Waals surface area contributed by atoms with Crippen molar-refractivity contribution in [2.24, 2.45) is 5.41 Å². The van der Waals surface area contributed by atoms with E-state index in [9.17, 15) is 22.8 Å². The molecule has 0 radical (unpaired) electrons. The fourth-order valence-electron chi connectivity index (χ4n) is 3.47. The van der Waals surface area contributed by atoms with Crippen molar-refractivity contribution < 1.29 is 22.8 Å². The smallest absolute Gasteiger partial charge is 0.384 e. The first-order valence-electron chi connectivity index (χ1n) is 8.99. The number of hydrogen-bond donors (Lipinski definition) is 2. The van der Waals surface area contributed by atoms with Crippen LogP contribution < -0.4 is 10.6 Å². The zero-order chi connectivity index (χ0) is 23.9. The molecule has 2 aromatic rings. The summed E-state index contributed by atoms with van der Waals surface area (Å²) in [5.74, 6) is -1.28. The predicted octanol–water partition coefficient (Wildman–Crippen LogP) is 6.82. The van der Waals surface area contributed by atoms with Crippen LogP contribution in [0.4, 0.5) is 18.9 Å². The molecule has 12 heteroatoms. The topological polar surface area (TPSA) is 58.2 Å². The molecule has 2 N–H and O–H groups in total. The fraction of sp³-hybridized carbons (Fsp3) is 0.300. The minimum absolute atomic E-state index is 0.00600. The molecule has 4 nitrogen and oxygen atoms in total. The Morgan fingerprint density at radius 2 is 1.72 bits per heavy atom. The summed E-state index contributed by atoms with van der Waals surface area (Å²) in [7, 11) is 0. The molecule has 1 fully saturated rings. The fourth-order valence-corrected chi connectivity index (χ4v) is 6.25. The summed E-state index contributed by atoms with van der Waals surface area (Å²) >= 11 is 25.3. The Bertz CT molecular complexity index is 1050. The van der Waals surface area contributed by atoms with Crippen molar-refractivity contribution in [2.45, 2.75) is 15.3 Å². The molecule has 0 saturated heterocycles. The van der Waals surface area contributed by atoms with Gasteiger partial charge in [0.15, 0.2) is 0 Å². The van der Waals surface area contributed by atoms with Crippen molar-refractivity contribution in [3.8, 4) is 0 Å². The van der Waals surface area contributed by atoms with Crippen LogP contribution in [0.3, 0.4) is 0 Å². The summed E-state index contributed by atoms with van der Waals surface area (Å²) in [6, 6.07) is 9.27. The third kappa shape index (κ3) is 5.22. The number of alkyl halides is 5. The highest BCUT2D eigenvalue weighted by Gasteiger charge is 2.75. The zero-order valence-corrected chi connectivity index (χ0v) is 21.3. The van der Waals surface area contributed by atoms with Crippen LogP contribution >= 0.6 is 66.7 Å². The maximum atomic E-state index is 12.4. The van der Waals surface area contributed by atoms with Crippen molar-refractivity contribution in [3.05, 3.63) is 62.6 Å². The summed E-state index contributed by atoms with van der Waals surface area (Å²) in [5.41, 5.74) is 0.0742. The largest absolute Gasteiger partial charge is 0.405 e. The Morgan fingerprint density at radius 3 is 2.28 bits per heavy atom. The van der Waals surface area contributed by atoms with Gasteiger partial charge in [-0.3, -0.25) is 4.79 Å². The van der Waals surface area contributed by atoms with E-state index in [0.717, 1.165) is 11.8 Å². The Morgan fingerprint density at radius 1 is 1.09 bits per heavy atom. The van der Waals surface area contributed by atoms with Gasteiger partial charge in [0.1, 0.15) is 16.1 Å². The second-order valence-corrected chi connectivity index (χ2v) is 12.1. The summed E-state index contributed by atoms with van der Waals surface area (Å²) in [6.45, 7) is -1.35. The number of amides is 1. The molecule has 0 bridgehead atoms. The molecule has 1 aliphatic carbocycles. The molecule has 1 saturated carbocycles. The van der Waals surface area contributed by atoms with Gasteiger partial charge < -0.3 is 15.4 Å². The van der Waals surface area contributed by atoms with E-state index < -0.39 is 27.3 Å². The number of nitrogens with one attached hydrogen (secondary N) is 2. The van der Waals surface area contributed by atoms with Crippen LogP contribution in [0.2, 0.25) is 15.1 Å². The van der Waals surface area contributed by atoms with Gasteiger partial charge in [-0.2, -0.15) is 13.2 Å². The third-order valence-corrected chi connectivity index (χ3v) is 8.25. The lowest BCUT2D eigenvalue weighted by Crippen LogP contribution is -2.33. The molecule has 2 unspecified atom stereocenters. The SMILES string of the molecule is O=CC1(CNc2ccc(Cl)c(C(=O)NCC(F)(F)F)c2)C(c2cc(Cl)cc(Cl)c2)C1(Br)Br. The maximum absolute atomic E-state index is 12.4. The molecule has 3 rings (SSSR count). The van der Waals surface area contributed by atoms with E-state index in [-0.39, 0.29) is 23.0 Å². The highest BCUT2D eigenvalue weighted by molar-refractivity contribution is 9.25. The van der Waals surface area contributed by atoms with Crippen molar-refractivity contribution in [1.82, 2.24) is 5.32 Å². The summed E-state index contributed by atoms with van der Waals surface area (Å²) in [6.07, 6.45) is -3.75. The molecular weight excluding hydrogens is 623 g/mol. The van der Waals surface area contributed by atoms with Gasteiger partial charge in [0.2, 0.25) is 0 Å². The van der Waals surface area contributed by atoms with E-state index in [0.29, 0.717) is 15.7 Å². The minimum Gasteiger partial charge on any atom is -0.384 e. The molecular formula is C20H14Br2Cl3F3N2O2. The number of halogens is 8. The Hall–Kier alpha value is -1.000. The zero-order valence-electron chi connectivity index (χ0n) is 15.9. The average molecular weight is 638 g/mol. The van der Waals surface area contributed by atoms with E-state index in [1.807, 2.05) is 0 Å². The molecule has 0 heterocycles. The van der Waals surface area contributed by atoms with E-state index in [2.05, 4.69) is 37.2 Å². The van der Waals surface area contributed by atoms with Crippen molar-refractivity contribution in [3.63, 3.8) is 0 Å². The summed E-state index contributed by atoms with van der Waals surface area (Å²) < 4.78 is 36.4. The van der Waals surface area contributed by atoms with E-state index in [1.165, 1.54) is 12.1 Å². The Kier molecular flexibility index (Phi) is 7.47. The second kappa shape index (κ2) is 9.33. The van der Waals surface area contributed by atoms with Crippen molar-refractivity contribution in [1.29, 1.82) is 0 Å². The summed E-state index contributed by atoms with van der Waals surface area (Å²) in [5, 5.41) is 5.69. The number of hydrogen-bond acceptors (Lipinski definition) is 3. The lowest BCUT2D eigenvalue weighted by Gasteiger charge is -2.16. The van der Waals surface area contributed by atoms with Crippen molar-refractivity contribution >= 4 is 84.5 Å². The van der Waals surface area contributed by atoms with Crippen LogP contribution in [0.1, 0.15) is 21.8 Å². The van der Waals surface area contributed by atoms with Gasteiger partial charge in [0.25, 0.3) is 5.91 Å². The highest BCUT2D eigenvalue weighted by Crippen LogP contribution is 2.75. The summed E-state index contributed by atoms with van der Waals surface area (Å²) in [4.78, 5) is 24.2. The van der Waals surface area contributed by atoms with Gasteiger partial charge in [0, 0.05) is 28.2 Å². The minimum atomic E-state index is -4.55. The molecule has 0 aromatic heterocycles. The lowest BCUT2D eigenvalue weighted by atomic mass is 10.00. The normalized spacial score (nSPS) is 21.7. The van der Waals surface area contributed by atoms with E-state index in [4.69, 9.17) is 34.8 Å². The standard InChI is InChI=1S/C20H14Br2Cl3F3N2O2/c21-20(22)16(10-3-11(23)5-12(24)4-10)18(20,9-31)7-29-13-1-2-15(25)14(6-13)17(32)30-8-19(26,27)28/h1-6,9,16,29H,7-8H2,(H,30,32). The second-order valence-electron chi connectivity index (χ2n) is 7.26. The van der Waals surface area contributed by atoms with Crippen LogP contribution in [0.5, 0.6) is 0 Å². The van der Waals surface area contributed by atoms with Crippen LogP contribution in [-0.4, -0.2) is 34.7 Å². The van der Waals surface area contributed by atoms with Crippen molar-refractivity contribution in [2.75, 3.05) is 18.4 Å². The van der Waals surface area contributed by atoms with Gasteiger partial charge in [0.05, 0.1) is 16.0 Å². The van der Waals surface area contributed by atoms with Gasteiger partial charge in [-0.25, -0.2) is 0 Å². The third-order valence-electron chi connectivity index (χ3n) is 5.09. The molecule has 0 spiro atoms. The van der Waals surface area contributed by atoms with E-state index >= 15 is 0 Å². The molecule has 1 aliphatic rings. The van der Waals surface area contributed by atoms with Crippen LogP contribution in [-0.2, 0) is 4.79 Å². The number of carbonyl (C=O) groups is 2. The maximum Gasteiger partial charge on any atom is 0.405 e. The molecule has 32 heavy (non-hydrogen) atoms. The lowest BCUT2D eigenvalue weighted by molar-refractivity contribution is -0.123. The van der Waals surface area contributed by atoms with Gasteiger partial charge in [-0.05, 0) is 42.0 Å². The number of rotatable bonds is 7. The molecule has 172 valence electrons. The average Bonchev–Trinajstić information content (AvgIpc) is 3.19. The molecule has 1 amide bonds. The van der Waals surface area contributed by atoms with Gasteiger partial charge in [-0.15, -0.1) is 0 Å². The first-order valence-corrected chi connectivity index (χ1v) is 11.7. The first-order chi connectivity index (χ1) is 14.8. The quantitative estimate of drug-likeness (QED) is 0.259. The Balaban J connectivity index is 1.79. The van der Waals surface area contributed by atoms with Gasteiger partial charge >= 0.3 is 6.18 Å². The van der Waals surface area contributed by atoms with Crippen LogP contribution in [0.15, 0.2) is 36.4 Å². The van der Waals surface area contributed by atoms with Crippen LogP contribution in [0.25, 0.3) is 0 Å². The highest BCUT2D eigenvalue weighted by atomic mass is 79.9. The number of aldehydes is 1. The van der Waals surface area contributed by atoms with Gasteiger partial charge in [-0.1, -0.05) is 66.7 Å². The van der Waals surface area contributed by atoms with Crippen LogP contribution in [0, 0.1) is 5.41 Å². The predicted molar refractivity (Wildman–Crippen MR) is 127 cm³/mol.